The van der Waals surface area contributed by atoms with Crippen LogP contribution in [0.4, 0.5) is 4.39 Å². The number of hydrogen-bond acceptors (Lipinski definition) is 3. The van der Waals surface area contributed by atoms with E-state index in [1.807, 2.05) is 40.7 Å². The second-order valence-electron chi connectivity index (χ2n) is 12.2. The van der Waals surface area contributed by atoms with Gasteiger partial charge in [-0.05, 0) is 86.1 Å². The Balaban J connectivity index is 0.000000327. The van der Waals surface area contributed by atoms with Crippen LogP contribution >= 0.6 is 0 Å². The fourth-order valence-electron chi connectivity index (χ4n) is 5.43. The lowest BCUT2D eigenvalue weighted by molar-refractivity contribution is 0.0352. The third-order valence-electron chi connectivity index (χ3n) is 8.41. The van der Waals surface area contributed by atoms with Crippen LogP contribution in [-0.4, -0.2) is 44.2 Å². The molecule has 1 aliphatic heterocycles. The van der Waals surface area contributed by atoms with Crippen molar-refractivity contribution in [1.82, 2.24) is 14.5 Å². The van der Waals surface area contributed by atoms with Gasteiger partial charge in [0.05, 0.1) is 18.1 Å². The summed E-state index contributed by atoms with van der Waals surface area (Å²) >= 11 is 0. The van der Waals surface area contributed by atoms with Gasteiger partial charge in [0.2, 0.25) is 0 Å². The fourth-order valence-corrected chi connectivity index (χ4v) is 5.43. The minimum absolute atomic E-state index is 0.0517. The maximum atomic E-state index is 13.3. The Morgan fingerprint density at radius 3 is 2.54 bits per heavy atom. The number of likely N-dealkylation sites (tertiary alicyclic amines) is 1. The van der Waals surface area contributed by atoms with Crippen LogP contribution in [0.15, 0.2) is 61.1 Å². The number of amides is 1. The molecule has 4 rings (SSSR count). The molecule has 0 bridgehead atoms. The quantitative estimate of drug-likeness (QED) is 0.270. The minimum Gasteiger partial charge on any atom is -0.390 e. The summed E-state index contributed by atoms with van der Waals surface area (Å²) < 4.78 is 15.2. The molecule has 3 aromatic rings. The first kappa shape index (κ1) is 32.5. The molecule has 1 saturated heterocycles. The summed E-state index contributed by atoms with van der Waals surface area (Å²) in [6, 6.07) is 14.5. The van der Waals surface area contributed by atoms with Crippen molar-refractivity contribution in [2.45, 2.75) is 98.1 Å². The molecule has 0 radical (unpaired) electrons. The summed E-state index contributed by atoms with van der Waals surface area (Å²) in [6.45, 7) is 12.9. The lowest BCUT2D eigenvalue weighted by Crippen LogP contribution is -2.33. The highest BCUT2D eigenvalue weighted by atomic mass is 19.1. The van der Waals surface area contributed by atoms with Gasteiger partial charge in [-0.15, -0.1) is 0 Å². The maximum absolute atomic E-state index is 13.3. The van der Waals surface area contributed by atoms with Crippen LogP contribution in [0.1, 0.15) is 102 Å². The molecule has 0 aliphatic carbocycles. The van der Waals surface area contributed by atoms with Crippen molar-refractivity contribution in [3.05, 3.63) is 78.1 Å². The van der Waals surface area contributed by atoms with Gasteiger partial charge in [-0.2, -0.15) is 0 Å². The van der Waals surface area contributed by atoms with E-state index >= 15 is 0 Å². The van der Waals surface area contributed by atoms with Crippen LogP contribution in [-0.2, 0) is 6.54 Å². The molecule has 0 saturated carbocycles. The molecule has 5 nitrogen and oxygen atoms in total. The van der Waals surface area contributed by atoms with Crippen molar-refractivity contribution >= 4 is 5.91 Å². The van der Waals surface area contributed by atoms with Crippen LogP contribution in [0, 0.1) is 17.7 Å². The molecule has 2 aromatic carbocycles. The number of carbonyl (C=O) groups is 1. The van der Waals surface area contributed by atoms with Gasteiger partial charge in [0.1, 0.15) is 11.5 Å². The smallest absolute Gasteiger partial charge is 0.272 e. The number of hydrogen-bond donors (Lipinski definition) is 1. The summed E-state index contributed by atoms with van der Waals surface area (Å²) in [4.78, 5) is 19.4. The first-order chi connectivity index (χ1) is 19.6. The molecular formula is C35H50FN3O2. The van der Waals surface area contributed by atoms with E-state index in [-0.39, 0.29) is 11.7 Å². The maximum Gasteiger partial charge on any atom is 0.272 e. The average Bonchev–Trinajstić information content (AvgIpc) is 3.31. The van der Waals surface area contributed by atoms with Crippen LogP contribution in [0.3, 0.4) is 0 Å². The molecule has 1 fully saturated rings. The van der Waals surface area contributed by atoms with E-state index in [2.05, 4.69) is 32.7 Å². The second kappa shape index (κ2) is 15.9. The number of imidazole rings is 1. The lowest BCUT2D eigenvalue weighted by atomic mass is 9.90. The zero-order chi connectivity index (χ0) is 29.8. The summed E-state index contributed by atoms with van der Waals surface area (Å²) in [5, 5.41) is 9.86. The number of carbonyl (C=O) groups excluding carboxylic acids is 1. The molecule has 6 heteroatoms. The first-order valence-corrected chi connectivity index (χ1v) is 15.5. The number of aliphatic hydroxyl groups is 1. The molecule has 1 amide bonds. The minimum atomic E-state index is -0.418. The van der Waals surface area contributed by atoms with E-state index in [0.717, 1.165) is 74.2 Å². The molecule has 3 atom stereocenters. The molecule has 1 aromatic heterocycles. The molecule has 1 aliphatic rings. The lowest BCUT2D eigenvalue weighted by Gasteiger charge is -2.23. The number of benzene rings is 2. The highest BCUT2D eigenvalue weighted by Gasteiger charge is 2.23. The number of rotatable bonds is 10. The summed E-state index contributed by atoms with van der Waals surface area (Å²) in [7, 11) is 0. The third kappa shape index (κ3) is 10.1. The van der Waals surface area contributed by atoms with Gasteiger partial charge in [-0.25, -0.2) is 9.37 Å². The van der Waals surface area contributed by atoms with Crippen LogP contribution in [0.25, 0.3) is 11.1 Å². The Morgan fingerprint density at radius 2 is 1.83 bits per heavy atom. The topological polar surface area (TPSA) is 58.4 Å². The molecule has 0 spiro atoms. The van der Waals surface area contributed by atoms with Crippen LogP contribution < -0.4 is 0 Å². The molecule has 3 unspecified atom stereocenters. The van der Waals surface area contributed by atoms with Gasteiger partial charge in [-0.1, -0.05) is 76.9 Å². The first-order valence-electron chi connectivity index (χ1n) is 15.5. The van der Waals surface area contributed by atoms with Gasteiger partial charge >= 0.3 is 0 Å². The molecule has 1 N–H and O–H groups in total. The predicted octanol–water partition coefficient (Wildman–Crippen LogP) is 8.36. The monoisotopic (exact) mass is 563 g/mol. The van der Waals surface area contributed by atoms with Crippen molar-refractivity contribution < 1.29 is 14.3 Å². The predicted molar refractivity (Wildman–Crippen MR) is 166 cm³/mol. The average molecular weight is 564 g/mol. The normalized spacial score (nSPS) is 17.6. The highest BCUT2D eigenvalue weighted by molar-refractivity contribution is 5.92. The molecular weight excluding hydrogens is 513 g/mol. The third-order valence-corrected chi connectivity index (χ3v) is 8.41. The van der Waals surface area contributed by atoms with Crippen molar-refractivity contribution in [2.24, 2.45) is 11.8 Å². The van der Waals surface area contributed by atoms with Gasteiger partial charge in [-0.3, -0.25) is 4.79 Å². The zero-order valence-electron chi connectivity index (χ0n) is 25.8. The fraction of sp³-hybridized carbons (Fsp3) is 0.543. The Morgan fingerprint density at radius 1 is 1.10 bits per heavy atom. The summed E-state index contributed by atoms with van der Waals surface area (Å²) in [5.74, 6) is 1.23. The standard InChI is InChI=1S/C24H26FN3O.C11H24O/c1-18-5-4-13-27(14-12-18)24(29)23-15-26-17-28(23)16-20-6-2-3-7-22(20)19-8-10-21(25)11-9-19;1-5-8-11(4,12)9-7-10(3)6-2/h2-3,6-11,15,17-18H,4-5,12-14,16H2,1H3;10,12H,5-9H2,1-4H3. The number of nitrogens with zero attached hydrogens (tertiary/aromatic N) is 3. The SMILES string of the molecule is CC1CCCN(C(=O)c2cncn2Cc2ccccc2-c2ccc(F)cc2)CC1.CCCC(C)(O)CCC(C)CC. The highest BCUT2D eigenvalue weighted by Crippen LogP contribution is 2.26. The number of aromatic nitrogens is 2. The van der Waals surface area contributed by atoms with E-state index in [1.54, 1.807) is 24.7 Å². The second-order valence-corrected chi connectivity index (χ2v) is 12.2. The molecule has 2 heterocycles. The van der Waals surface area contributed by atoms with Crippen molar-refractivity contribution in [3.8, 4) is 11.1 Å². The van der Waals surface area contributed by atoms with E-state index in [9.17, 15) is 14.3 Å². The van der Waals surface area contributed by atoms with Gasteiger partial charge in [0, 0.05) is 19.6 Å². The van der Waals surface area contributed by atoms with Gasteiger partial charge < -0.3 is 14.6 Å². The molecule has 41 heavy (non-hydrogen) atoms. The molecule has 224 valence electrons. The Bertz CT molecular complexity index is 1200. The van der Waals surface area contributed by atoms with E-state index in [4.69, 9.17) is 0 Å². The van der Waals surface area contributed by atoms with Crippen molar-refractivity contribution in [2.75, 3.05) is 13.1 Å². The van der Waals surface area contributed by atoms with Crippen molar-refractivity contribution in [1.29, 1.82) is 0 Å². The Kier molecular flexibility index (Phi) is 12.6. The van der Waals surface area contributed by atoms with Crippen molar-refractivity contribution in [3.63, 3.8) is 0 Å². The Labute approximate surface area is 246 Å². The Hall–Kier alpha value is -2.99. The van der Waals surface area contributed by atoms with Gasteiger partial charge in [0.15, 0.2) is 0 Å². The summed E-state index contributed by atoms with van der Waals surface area (Å²) in [6.07, 6.45) is 12.0. The van der Waals surface area contributed by atoms with Gasteiger partial charge in [0.25, 0.3) is 5.91 Å². The van der Waals surface area contributed by atoms with Crippen LogP contribution in [0.2, 0.25) is 0 Å². The van der Waals surface area contributed by atoms with E-state index < -0.39 is 5.60 Å². The summed E-state index contributed by atoms with van der Waals surface area (Å²) in [5.41, 5.74) is 3.25. The van der Waals surface area contributed by atoms with E-state index in [1.165, 1.54) is 25.0 Å². The largest absolute Gasteiger partial charge is 0.390 e. The number of halogens is 1. The van der Waals surface area contributed by atoms with E-state index in [0.29, 0.717) is 18.2 Å². The van der Waals surface area contributed by atoms with Crippen LogP contribution in [0.5, 0.6) is 0 Å². The zero-order valence-corrected chi connectivity index (χ0v) is 25.8.